The number of hydrogen-bond donors (Lipinski definition) is 1. The van der Waals surface area contributed by atoms with Crippen molar-refractivity contribution in [2.24, 2.45) is 0 Å². The van der Waals surface area contributed by atoms with E-state index in [1.165, 1.54) is 18.2 Å². The first kappa shape index (κ1) is 14.0. The van der Waals surface area contributed by atoms with E-state index in [4.69, 9.17) is 0 Å². The summed E-state index contributed by atoms with van der Waals surface area (Å²) in [5.41, 5.74) is 1.96. The van der Waals surface area contributed by atoms with Crippen LogP contribution in [0.1, 0.15) is 10.4 Å². The van der Waals surface area contributed by atoms with Crippen molar-refractivity contribution in [2.75, 3.05) is 0 Å². The lowest BCUT2D eigenvalue weighted by Gasteiger charge is -2.06. The summed E-state index contributed by atoms with van der Waals surface area (Å²) in [7, 11) is 0. The van der Waals surface area contributed by atoms with Gasteiger partial charge in [-0.2, -0.15) is 0 Å². The molecule has 0 aliphatic heterocycles. The standard InChI is InChI=1S/C17H9N3O4/c21-17(22)12-2-1-3-13-16(12)19-15-11-6-5-10(20(23)24)8-9(11)4-7-14(15)18-13/h1-8H,(H,21,22). The van der Waals surface area contributed by atoms with Crippen LogP contribution in [-0.2, 0) is 0 Å². The van der Waals surface area contributed by atoms with Gasteiger partial charge in [0, 0.05) is 17.5 Å². The molecule has 0 bridgehead atoms. The van der Waals surface area contributed by atoms with Crippen LogP contribution in [-0.4, -0.2) is 26.0 Å². The normalized spacial score (nSPS) is 11.2. The number of rotatable bonds is 2. The Morgan fingerprint density at radius 2 is 1.79 bits per heavy atom. The molecule has 7 nitrogen and oxygen atoms in total. The molecule has 4 rings (SSSR count). The molecule has 4 aromatic rings. The number of carboxylic acid groups (broad SMARTS) is 1. The summed E-state index contributed by atoms with van der Waals surface area (Å²) in [6, 6.07) is 12.7. The Hall–Kier alpha value is -3.61. The number of nitro benzene ring substituents is 1. The van der Waals surface area contributed by atoms with E-state index in [1.54, 1.807) is 30.3 Å². The predicted octanol–water partition coefficient (Wildman–Crippen LogP) is 3.54. The topological polar surface area (TPSA) is 106 Å². The molecule has 0 radical (unpaired) electrons. The van der Waals surface area contributed by atoms with Gasteiger partial charge < -0.3 is 5.11 Å². The van der Waals surface area contributed by atoms with Crippen LogP contribution in [0.5, 0.6) is 0 Å². The van der Waals surface area contributed by atoms with E-state index >= 15 is 0 Å². The third kappa shape index (κ3) is 2.03. The summed E-state index contributed by atoms with van der Waals surface area (Å²) < 4.78 is 0. The lowest BCUT2D eigenvalue weighted by Crippen LogP contribution is -2.00. The molecule has 1 N–H and O–H groups in total. The number of nitrogens with zero attached hydrogens (tertiary/aromatic N) is 3. The molecule has 0 saturated heterocycles. The average Bonchev–Trinajstić information content (AvgIpc) is 2.58. The molecule has 0 atom stereocenters. The van der Waals surface area contributed by atoms with Gasteiger partial charge in [-0.3, -0.25) is 10.1 Å². The Bertz CT molecular complexity index is 1170. The highest BCUT2D eigenvalue weighted by molar-refractivity contribution is 6.09. The first-order valence-corrected chi connectivity index (χ1v) is 7.05. The number of fused-ring (bicyclic) bond motifs is 4. The van der Waals surface area contributed by atoms with E-state index in [2.05, 4.69) is 9.97 Å². The minimum absolute atomic E-state index is 0.0122. The van der Waals surface area contributed by atoms with Gasteiger partial charge in [0.25, 0.3) is 5.69 Å². The van der Waals surface area contributed by atoms with Gasteiger partial charge in [0.2, 0.25) is 0 Å². The highest BCUT2D eigenvalue weighted by Gasteiger charge is 2.14. The first-order chi connectivity index (χ1) is 11.5. The fraction of sp³-hybridized carbons (Fsp3) is 0. The summed E-state index contributed by atoms with van der Waals surface area (Å²) in [5.74, 6) is -1.08. The van der Waals surface area contributed by atoms with Gasteiger partial charge in [-0.25, -0.2) is 14.8 Å². The predicted molar refractivity (Wildman–Crippen MR) is 88.2 cm³/mol. The van der Waals surface area contributed by atoms with Crippen LogP contribution in [0.2, 0.25) is 0 Å². The fourth-order valence-corrected chi connectivity index (χ4v) is 2.76. The summed E-state index contributed by atoms with van der Waals surface area (Å²) in [6.07, 6.45) is 0. The molecule has 0 amide bonds. The Balaban J connectivity index is 2.12. The number of benzene rings is 3. The van der Waals surface area contributed by atoms with Crippen molar-refractivity contribution < 1.29 is 14.8 Å². The fourth-order valence-electron chi connectivity index (χ4n) is 2.76. The largest absolute Gasteiger partial charge is 0.478 e. The van der Waals surface area contributed by atoms with Crippen LogP contribution in [0.4, 0.5) is 5.69 Å². The van der Waals surface area contributed by atoms with Crippen LogP contribution < -0.4 is 0 Å². The van der Waals surface area contributed by atoms with Crippen molar-refractivity contribution >= 4 is 44.5 Å². The Morgan fingerprint density at radius 3 is 2.54 bits per heavy atom. The molecule has 0 aliphatic carbocycles. The number of aromatic carboxylic acids is 1. The third-order valence-corrected chi connectivity index (χ3v) is 3.87. The molecule has 116 valence electrons. The third-order valence-electron chi connectivity index (χ3n) is 3.87. The zero-order valence-corrected chi connectivity index (χ0v) is 12.1. The van der Waals surface area contributed by atoms with Crippen molar-refractivity contribution in [3.8, 4) is 0 Å². The zero-order chi connectivity index (χ0) is 16.8. The Kier molecular flexibility index (Phi) is 2.89. The number of para-hydroxylation sites is 1. The molecule has 7 heteroatoms. The summed E-state index contributed by atoms with van der Waals surface area (Å²) in [6.45, 7) is 0. The minimum Gasteiger partial charge on any atom is -0.478 e. The van der Waals surface area contributed by atoms with Crippen molar-refractivity contribution in [3.05, 3.63) is 64.2 Å². The van der Waals surface area contributed by atoms with Crippen LogP contribution in [0, 0.1) is 10.1 Å². The Morgan fingerprint density at radius 1 is 1.00 bits per heavy atom. The second-order valence-electron chi connectivity index (χ2n) is 5.30. The van der Waals surface area contributed by atoms with Gasteiger partial charge in [-0.15, -0.1) is 0 Å². The first-order valence-electron chi connectivity index (χ1n) is 7.05. The molecule has 0 aliphatic rings. The number of hydrogen-bond acceptors (Lipinski definition) is 5. The highest BCUT2D eigenvalue weighted by atomic mass is 16.6. The summed E-state index contributed by atoms with van der Waals surface area (Å²) in [5, 5.41) is 21.6. The van der Waals surface area contributed by atoms with Gasteiger partial charge in [-0.1, -0.05) is 12.1 Å². The van der Waals surface area contributed by atoms with Gasteiger partial charge in [0.05, 0.1) is 27.0 Å². The number of carbonyl (C=O) groups is 1. The molecular weight excluding hydrogens is 310 g/mol. The number of carboxylic acids is 1. The van der Waals surface area contributed by atoms with Crippen molar-refractivity contribution in [3.63, 3.8) is 0 Å². The van der Waals surface area contributed by atoms with Crippen LogP contribution in [0.25, 0.3) is 32.8 Å². The average molecular weight is 319 g/mol. The zero-order valence-electron chi connectivity index (χ0n) is 12.1. The van der Waals surface area contributed by atoms with Crippen LogP contribution in [0.3, 0.4) is 0 Å². The maximum Gasteiger partial charge on any atom is 0.337 e. The van der Waals surface area contributed by atoms with Gasteiger partial charge in [0.1, 0.15) is 5.52 Å². The highest BCUT2D eigenvalue weighted by Crippen LogP contribution is 2.28. The van der Waals surface area contributed by atoms with Gasteiger partial charge >= 0.3 is 5.97 Å². The molecule has 0 unspecified atom stereocenters. The molecule has 1 aromatic heterocycles. The quantitative estimate of drug-likeness (QED) is 0.262. The SMILES string of the molecule is O=C(O)c1cccc2nc3ccc4cc([N+](=O)[O-])ccc4c3nc12. The van der Waals surface area contributed by atoms with E-state index in [1.807, 2.05) is 0 Å². The maximum atomic E-state index is 11.4. The van der Waals surface area contributed by atoms with Crippen molar-refractivity contribution in [1.82, 2.24) is 9.97 Å². The second kappa shape index (κ2) is 4.95. The van der Waals surface area contributed by atoms with Crippen LogP contribution in [0.15, 0.2) is 48.5 Å². The van der Waals surface area contributed by atoms with Crippen LogP contribution >= 0.6 is 0 Å². The van der Waals surface area contributed by atoms with Gasteiger partial charge in [0.15, 0.2) is 0 Å². The summed E-state index contributed by atoms with van der Waals surface area (Å²) >= 11 is 0. The van der Waals surface area contributed by atoms with Crippen molar-refractivity contribution in [1.29, 1.82) is 0 Å². The van der Waals surface area contributed by atoms with Gasteiger partial charge in [-0.05, 0) is 29.7 Å². The molecule has 0 spiro atoms. The second-order valence-corrected chi connectivity index (χ2v) is 5.30. The Labute approximate surface area is 134 Å². The number of aromatic nitrogens is 2. The minimum atomic E-state index is -1.08. The monoisotopic (exact) mass is 319 g/mol. The molecule has 1 heterocycles. The number of non-ortho nitro benzene ring substituents is 1. The molecule has 3 aromatic carbocycles. The maximum absolute atomic E-state index is 11.4. The molecular formula is C17H9N3O4. The lowest BCUT2D eigenvalue weighted by molar-refractivity contribution is -0.384. The number of nitro groups is 1. The molecule has 0 fully saturated rings. The molecule has 0 saturated carbocycles. The van der Waals surface area contributed by atoms with E-state index in [0.29, 0.717) is 32.8 Å². The molecule has 24 heavy (non-hydrogen) atoms. The van der Waals surface area contributed by atoms with Crippen molar-refractivity contribution in [2.45, 2.75) is 0 Å². The summed E-state index contributed by atoms with van der Waals surface area (Å²) in [4.78, 5) is 30.8. The van der Waals surface area contributed by atoms with E-state index in [-0.39, 0.29) is 11.3 Å². The smallest absolute Gasteiger partial charge is 0.337 e. The van der Waals surface area contributed by atoms with E-state index in [9.17, 15) is 20.0 Å². The van der Waals surface area contributed by atoms with E-state index < -0.39 is 10.9 Å². The lowest BCUT2D eigenvalue weighted by atomic mass is 10.1. The van der Waals surface area contributed by atoms with E-state index in [0.717, 1.165) is 0 Å².